The summed E-state index contributed by atoms with van der Waals surface area (Å²) in [4.78, 5) is 38.3. The van der Waals surface area contributed by atoms with Gasteiger partial charge in [-0.25, -0.2) is 9.79 Å². The molecule has 0 bridgehead atoms. The van der Waals surface area contributed by atoms with Gasteiger partial charge in [0.15, 0.2) is 0 Å². The number of carbonyl (C=O) groups excluding carboxylic acids is 2. The van der Waals surface area contributed by atoms with Crippen LogP contribution in [0.3, 0.4) is 0 Å². The van der Waals surface area contributed by atoms with E-state index < -0.39 is 17.7 Å². The molecule has 2 aliphatic heterocycles. The van der Waals surface area contributed by atoms with E-state index in [1.54, 1.807) is 6.20 Å². The molecule has 4 unspecified atom stereocenters. The Morgan fingerprint density at radius 3 is 2.58 bits per heavy atom. The van der Waals surface area contributed by atoms with Gasteiger partial charge in [-0.1, -0.05) is 51.0 Å². The van der Waals surface area contributed by atoms with E-state index >= 15 is 0 Å². The van der Waals surface area contributed by atoms with Crippen molar-refractivity contribution in [3.8, 4) is 6.07 Å². The molecule has 2 amide bonds. The number of morpholine rings is 1. The Morgan fingerprint density at radius 1 is 1.07 bits per heavy atom. The molecule has 2 aliphatic carbocycles. The number of rotatable bonds is 9. The first-order chi connectivity index (χ1) is 22.0. The van der Waals surface area contributed by atoms with Crippen LogP contribution in [0.5, 0.6) is 0 Å². The van der Waals surface area contributed by atoms with Crippen LogP contribution >= 0.6 is 0 Å². The quantitative estimate of drug-likeness (QED) is 0.306. The number of ether oxygens (including phenoxy) is 3. The fourth-order valence-electron chi connectivity index (χ4n) is 7.20. The van der Waals surface area contributed by atoms with Crippen molar-refractivity contribution in [2.24, 2.45) is 22.7 Å². The van der Waals surface area contributed by atoms with Crippen LogP contribution < -0.4 is 10.6 Å². The van der Waals surface area contributed by atoms with Crippen molar-refractivity contribution < 1.29 is 23.8 Å². The summed E-state index contributed by atoms with van der Waals surface area (Å²) in [5.74, 6) is 0.916. The highest BCUT2D eigenvalue weighted by molar-refractivity contribution is 5.96. The first-order valence-electron chi connectivity index (χ1n) is 17.1. The van der Waals surface area contributed by atoms with E-state index in [2.05, 4.69) is 27.8 Å². The molecule has 2 saturated carbocycles. The maximum absolute atomic E-state index is 14.2. The molecule has 0 radical (unpaired) electrons. The zero-order valence-corrected chi connectivity index (χ0v) is 26.6. The Balaban J connectivity index is 1.33. The van der Waals surface area contributed by atoms with Crippen molar-refractivity contribution in [3.05, 3.63) is 30.1 Å². The molecule has 0 aromatic carbocycles. The summed E-state index contributed by atoms with van der Waals surface area (Å²) in [7, 11) is 0. The fraction of sp³-hybridized carbons (Fsp3) is 0.735. The maximum atomic E-state index is 14.2. The van der Waals surface area contributed by atoms with Crippen LogP contribution in [0, 0.1) is 29.1 Å². The molecule has 4 aliphatic rings. The topological polar surface area (TPSA) is 138 Å². The van der Waals surface area contributed by atoms with E-state index in [1.165, 1.54) is 19.3 Å². The Labute approximate surface area is 267 Å². The number of hydrogen-bond donors (Lipinski definition) is 2. The van der Waals surface area contributed by atoms with E-state index in [0.717, 1.165) is 50.5 Å². The predicted octanol–water partition coefficient (Wildman–Crippen LogP) is 4.37. The third kappa shape index (κ3) is 10.1. The van der Waals surface area contributed by atoms with Gasteiger partial charge in [-0.2, -0.15) is 5.26 Å². The van der Waals surface area contributed by atoms with Gasteiger partial charge in [0, 0.05) is 38.0 Å². The molecule has 3 heterocycles. The number of carbonyl (C=O) groups is 2. The standard InChI is InChI=1S/C34H50N6O5/c35-25-34(12-10-27(21-34)19-28-9-6-13-36-22-28)39-31(41)30(20-26-7-4-2-1-3-5-8-26)37-32(40-14-17-43-18-15-40)38-33(42)45-24-29-11-16-44-23-29/h6,9,13,22,26-27,29-30H,1-5,7-8,10-12,14-21,23-24H2,(H,39,41)(H,37,38,42). The molecule has 2 saturated heterocycles. The van der Waals surface area contributed by atoms with Crippen LogP contribution in [0.15, 0.2) is 29.5 Å². The first kappa shape index (κ1) is 33.1. The third-order valence-corrected chi connectivity index (χ3v) is 9.80. The minimum Gasteiger partial charge on any atom is -0.449 e. The summed E-state index contributed by atoms with van der Waals surface area (Å²) in [6.07, 6.45) is 15.5. The monoisotopic (exact) mass is 622 g/mol. The molecule has 5 rings (SSSR count). The highest BCUT2D eigenvalue weighted by Gasteiger charge is 2.42. The Kier molecular flexibility index (Phi) is 12.4. The number of amides is 2. The van der Waals surface area contributed by atoms with Crippen LogP contribution in [0.25, 0.3) is 0 Å². The molecule has 4 fully saturated rings. The molecule has 4 atom stereocenters. The van der Waals surface area contributed by atoms with Crippen molar-refractivity contribution in [2.45, 2.75) is 95.1 Å². The summed E-state index contributed by atoms with van der Waals surface area (Å²) in [5, 5.41) is 16.4. The summed E-state index contributed by atoms with van der Waals surface area (Å²) < 4.78 is 16.5. The first-order valence-corrected chi connectivity index (χ1v) is 17.1. The normalized spacial score (nSPS) is 27.2. The molecule has 11 nitrogen and oxygen atoms in total. The molecular formula is C34H50N6O5. The average Bonchev–Trinajstić information content (AvgIpc) is 3.72. The Bertz CT molecular complexity index is 1160. The summed E-state index contributed by atoms with van der Waals surface area (Å²) in [5.41, 5.74) is 0.205. The van der Waals surface area contributed by atoms with Crippen LogP contribution in [0.4, 0.5) is 4.79 Å². The van der Waals surface area contributed by atoms with E-state index in [9.17, 15) is 14.9 Å². The van der Waals surface area contributed by atoms with E-state index in [-0.39, 0.29) is 24.3 Å². The smallest absolute Gasteiger partial charge is 0.413 e. The number of nitrogens with zero attached hydrogens (tertiary/aromatic N) is 4. The number of nitriles is 1. The second-order valence-electron chi connectivity index (χ2n) is 13.3. The van der Waals surface area contributed by atoms with Gasteiger partial charge >= 0.3 is 6.09 Å². The molecule has 11 heteroatoms. The van der Waals surface area contributed by atoms with Gasteiger partial charge < -0.3 is 24.4 Å². The summed E-state index contributed by atoms with van der Waals surface area (Å²) in [6.45, 7) is 3.65. The SMILES string of the molecule is N#CC1(NC(=O)C(CC2CCCCCCC2)N=C(NC(=O)OCC2CCOC2)N2CCOCC2)CCC(Cc2cccnc2)C1. The van der Waals surface area contributed by atoms with Crippen LogP contribution in [-0.4, -0.2) is 85.5 Å². The average molecular weight is 623 g/mol. The minimum absolute atomic E-state index is 0.188. The molecule has 0 spiro atoms. The lowest BCUT2D eigenvalue weighted by atomic mass is 9.86. The molecule has 45 heavy (non-hydrogen) atoms. The molecule has 246 valence electrons. The number of alkyl carbamates (subject to hydrolysis) is 1. The second-order valence-corrected chi connectivity index (χ2v) is 13.3. The number of aromatic nitrogens is 1. The van der Waals surface area contributed by atoms with E-state index in [4.69, 9.17) is 19.2 Å². The van der Waals surface area contributed by atoms with E-state index in [0.29, 0.717) is 70.7 Å². The number of aliphatic imine (C=N–C) groups is 1. The second kappa shape index (κ2) is 16.9. The zero-order valence-electron chi connectivity index (χ0n) is 26.6. The van der Waals surface area contributed by atoms with Gasteiger partial charge in [-0.15, -0.1) is 0 Å². The van der Waals surface area contributed by atoms with Gasteiger partial charge in [0.25, 0.3) is 0 Å². The number of nitrogens with one attached hydrogen (secondary N) is 2. The molecule has 1 aromatic heterocycles. The summed E-state index contributed by atoms with van der Waals surface area (Å²) >= 11 is 0. The lowest BCUT2D eigenvalue weighted by molar-refractivity contribution is -0.124. The number of guanidine groups is 1. The van der Waals surface area contributed by atoms with Gasteiger partial charge in [-0.05, 0) is 62.0 Å². The molecule has 1 aromatic rings. The van der Waals surface area contributed by atoms with Crippen molar-refractivity contribution in [1.82, 2.24) is 20.5 Å². The minimum atomic E-state index is -0.937. The maximum Gasteiger partial charge on any atom is 0.413 e. The lowest BCUT2D eigenvalue weighted by Gasteiger charge is -2.32. The van der Waals surface area contributed by atoms with Crippen LogP contribution in [0.1, 0.15) is 82.6 Å². The fourth-order valence-corrected chi connectivity index (χ4v) is 7.20. The lowest BCUT2D eigenvalue weighted by Crippen LogP contribution is -2.52. The van der Waals surface area contributed by atoms with E-state index in [1.807, 2.05) is 17.2 Å². The van der Waals surface area contributed by atoms with Gasteiger partial charge in [0.05, 0.1) is 32.5 Å². The molecular weight excluding hydrogens is 572 g/mol. The van der Waals surface area contributed by atoms with Crippen molar-refractivity contribution in [2.75, 3.05) is 46.1 Å². The summed E-state index contributed by atoms with van der Waals surface area (Å²) in [6, 6.07) is 5.72. The van der Waals surface area contributed by atoms with Crippen LogP contribution in [0.2, 0.25) is 0 Å². The number of hydrogen-bond acceptors (Lipinski definition) is 8. The van der Waals surface area contributed by atoms with Crippen molar-refractivity contribution in [3.63, 3.8) is 0 Å². The largest absolute Gasteiger partial charge is 0.449 e. The van der Waals surface area contributed by atoms with Crippen molar-refractivity contribution >= 4 is 18.0 Å². The zero-order chi connectivity index (χ0) is 31.3. The Morgan fingerprint density at radius 2 is 1.87 bits per heavy atom. The highest BCUT2D eigenvalue weighted by Crippen LogP contribution is 2.37. The van der Waals surface area contributed by atoms with Gasteiger partial charge in [0.1, 0.15) is 11.6 Å². The Hall–Kier alpha value is -3.23. The van der Waals surface area contributed by atoms with Crippen molar-refractivity contribution in [1.29, 1.82) is 5.26 Å². The number of pyridine rings is 1. The van der Waals surface area contributed by atoms with Crippen LogP contribution in [-0.2, 0) is 25.4 Å². The highest BCUT2D eigenvalue weighted by atomic mass is 16.6. The van der Waals surface area contributed by atoms with Gasteiger partial charge in [-0.3, -0.25) is 15.1 Å². The molecule has 2 N–H and O–H groups in total. The third-order valence-electron chi connectivity index (χ3n) is 9.80. The predicted molar refractivity (Wildman–Crippen MR) is 169 cm³/mol. The van der Waals surface area contributed by atoms with Gasteiger partial charge in [0.2, 0.25) is 11.9 Å².